The van der Waals surface area contributed by atoms with Gasteiger partial charge in [-0.15, -0.1) is 0 Å². The van der Waals surface area contributed by atoms with Gasteiger partial charge in [-0.1, -0.05) is 30.3 Å². The first-order chi connectivity index (χ1) is 6.86. The van der Waals surface area contributed by atoms with Crippen LogP contribution in [0.1, 0.15) is 17.3 Å². The minimum atomic E-state index is -0.0452. The standard InChI is InChI=1S/C10H11N3S/c11-9(10-7-12-14-13-10)6-8-4-2-1-3-5-8/h1-5,7,9H,6,11H2. The predicted molar refractivity (Wildman–Crippen MR) is 57.0 cm³/mol. The Balaban J connectivity index is 2.06. The van der Waals surface area contributed by atoms with Crippen LogP contribution in [-0.2, 0) is 6.42 Å². The van der Waals surface area contributed by atoms with Crippen LogP contribution in [0.2, 0.25) is 0 Å². The Bertz CT molecular complexity index is 372. The second-order valence-electron chi connectivity index (χ2n) is 3.13. The highest BCUT2D eigenvalue weighted by Crippen LogP contribution is 2.13. The SMILES string of the molecule is NC(Cc1ccccc1)c1cnsn1. The van der Waals surface area contributed by atoms with Crippen molar-refractivity contribution in [1.82, 2.24) is 8.75 Å². The summed E-state index contributed by atoms with van der Waals surface area (Å²) in [6.07, 6.45) is 2.55. The molecule has 0 aliphatic carbocycles. The molecule has 0 radical (unpaired) electrons. The molecule has 0 saturated carbocycles. The maximum absolute atomic E-state index is 5.98. The van der Waals surface area contributed by atoms with Gasteiger partial charge < -0.3 is 5.73 Å². The Morgan fingerprint density at radius 1 is 1.29 bits per heavy atom. The van der Waals surface area contributed by atoms with Gasteiger partial charge in [-0.25, -0.2) is 0 Å². The van der Waals surface area contributed by atoms with Crippen molar-refractivity contribution in [2.45, 2.75) is 12.5 Å². The van der Waals surface area contributed by atoms with Gasteiger partial charge in [0.25, 0.3) is 0 Å². The number of rotatable bonds is 3. The molecule has 2 aromatic rings. The third kappa shape index (κ3) is 2.16. The van der Waals surface area contributed by atoms with Crippen molar-refractivity contribution in [3.8, 4) is 0 Å². The minimum Gasteiger partial charge on any atom is -0.322 e. The molecule has 1 atom stereocenters. The van der Waals surface area contributed by atoms with Crippen molar-refractivity contribution in [2.75, 3.05) is 0 Å². The Hall–Kier alpha value is -1.26. The van der Waals surface area contributed by atoms with Crippen molar-refractivity contribution < 1.29 is 0 Å². The van der Waals surface area contributed by atoms with Gasteiger partial charge in [0.05, 0.1) is 29.7 Å². The van der Waals surface area contributed by atoms with Crippen LogP contribution < -0.4 is 5.73 Å². The minimum absolute atomic E-state index is 0.0452. The van der Waals surface area contributed by atoms with Gasteiger partial charge in [0.2, 0.25) is 0 Å². The molecule has 2 rings (SSSR count). The fourth-order valence-corrected chi connectivity index (χ4v) is 1.79. The van der Waals surface area contributed by atoms with Gasteiger partial charge in [0.1, 0.15) is 0 Å². The number of aromatic nitrogens is 2. The summed E-state index contributed by atoms with van der Waals surface area (Å²) < 4.78 is 8.05. The zero-order valence-corrected chi connectivity index (χ0v) is 8.45. The van der Waals surface area contributed by atoms with E-state index in [-0.39, 0.29) is 6.04 Å². The molecule has 4 heteroatoms. The Morgan fingerprint density at radius 3 is 2.71 bits per heavy atom. The van der Waals surface area contributed by atoms with Crippen LogP contribution in [-0.4, -0.2) is 8.75 Å². The van der Waals surface area contributed by atoms with E-state index in [1.54, 1.807) is 6.20 Å². The molecule has 0 spiro atoms. The van der Waals surface area contributed by atoms with Gasteiger partial charge in [0, 0.05) is 0 Å². The van der Waals surface area contributed by atoms with Gasteiger partial charge in [-0.2, -0.15) is 8.75 Å². The lowest BCUT2D eigenvalue weighted by molar-refractivity contribution is 0.704. The fourth-order valence-electron chi connectivity index (χ4n) is 1.31. The zero-order chi connectivity index (χ0) is 9.80. The quantitative estimate of drug-likeness (QED) is 0.831. The Kier molecular flexibility index (Phi) is 2.86. The lowest BCUT2D eigenvalue weighted by atomic mass is 10.1. The molecule has 1 aromatic heterocycles. The van der Waals surface area contributed by atoms with E-state index in [9.17, 15) is 0 Å². The van der Waals surface area contributed by atoms with E-state index in [0.29, 0.717) is 0 Å². The first-order valence-corrected chi connectivity index (χ1v) is 5.16. The van der Waals surface area contributed by atoms with Crippen molar-refractivity contribution in [1.29, 1.82) is 0 Å². The van der Waals surface area contributed by atoms with Gasteiger partial charge in [-0.05, 0) is 12.0 Å². The molecule has 0 fully saturated rings. The fraction of sp³-hybridized carbons (Fsp3) is 0.200. The summed E-state index contributed by atoms with van der Waals surface area (Å²) in [6, 6.07) is 10.1. The predicted octanol–water partition coefficient (Wildman–Crippen LogP) is 1.78. The monoisotopic (exact) mass is 205 g/mol. The summed E-state index contributed by atoms with van der Waals surface area (Å²) in [5, 5.41) is 0. The molecule has 2 N–H and O–H groups in total. The summed E-state index contributed by atoms with van der Waals surface area (Å²) in [5.41, 5.74) is 8.08. The lowest BCUT2D eigenvalue weighted by Crippen LogP contribution is -2.13. The third-order valence-corrected chi connectivity index (χ3v) is 2.55. The second kappa shape index (κ2) is 4.30. The molecule has 0 saturated heterocycles. The molecular weight excluding hydrogens is 194 g/mol. The average Bonchev–Trinajstić information content (AvgIpc) is 2.72. The van der Waals surface area contributed by atoms with E-state index in [0.717, 1.165) is 12.1 Å². The molecular formula is C10H11N3S. The van der Waals surface area contributed by atoms with E-state index in [4.69, 9.17) is 5.73 Å². The van der Waals surface area contributed by atoms with E-state index < -0.39 is 0 Å². The summed E-state index contributed by atoms with van der Waals surface area (Å²) in [7, 11) is 0. The molecule has 0 aliphatic heterocycles. The van der Waals surface area contributed by atoms with E-state index >= 15 is 0 Å². The normalized spacial score (nSPS) is 12.6. The van der Waals surface area contributed by atoms with Gasteiger partial charge in [-0.3, -0.25) is 0 Å². The lowest BCUT2D eigenvalue weighted by Gasteiger charge is -2.07. The Morgan fingerprint density at radius 2 is 2.07 bits per heavy atom. The highest BCUT2D eigenvalue weighted by molar-refractivity contribution is 6.99. The van der Waals surface area contributed by atoms with E-state index in [2.05, 4.69) is 20.9 Å². The number of benzene rings is 1. The smallest absolute Gasteiger partial charge is 0.0913 e. The summed E-state index contributed by atoms with van der Waals surface area (Å²) >= 11 is 1.20. The number of hydrogen-bond donors (Lipinski definition) is 1. The molecule has 0 amide bonds. The molecule has 1 aromatic carbocycles. The van der Waals surface area contributed by atoms with Gasteiger partial charge >= 0.3 is 0 Å². The summed E-state index contributed by atoms with van der Waals surface area (Å²) in [5.74, 6) is 0. The first kappa shape index (κ1) is 9.30. The average molecular weight is 205 g/mol. The highest BCUT2D eigenvalue weighted by atomic mass is 32.1. The molecule has 0 bridgehead atoms. The van der Waals surface area contributed by atoms with Crippen LogP contribution >= 0.6 is 11.7 Å². The Labute approximate surface area is 86.9 Å². The van der Waals surface area contributed by atoms with Crippen molar-refractivity contribution in [3.05, 3.63) is 47.8 Å². The molecule has 0 aliphatic rings. The maximum Gasteiger partial charge on any atom is 0.0913 e. The molecule has 1 heterocycles. The molecule has 3 nitrogen and oxygen atoms in total. The number of hydrogen-bond acceptors (Lipinski definition) is 4. The zero-order valence-electron chi connectivity index (χ0n) is 7.63. The van der Waals surface area contributed by atoms with Crippen molar-refractivity contribution in [2.24, 2.45) is 5.73 Å². The highest BCUT2D eigenvalue weighted by Gasteiger charge is 2.08. The second-order valence-corrected chi connectivity index (χ2v) is 3.69. The molecule has 72 valence electrons. The van der Waals surface area contributed by atoms with Gasteiger partial charge in [0.15, 0.2) is 0 Å². The van der Waals surface area contributed by atoms with Crippen molar-refractivity contribution in [3.63, 3.8) is 0 Å². The van der Waals surface area contributed by atoms with Crippen LogP contribution in [0.3, 0.4) is 0 Å². The number of nitrogens with two attached hydrogens (primary N) is 1. The van der Waals surface area contributed by atoms with Crippen LogP contribution in [0.15, 0.2) is 36.5 Å². The number of nitrogens with zero attached hydrogens (tertiary/aromatic N) is 2. The molecule has 14 heavy (non-hydrogen) atoms. The van der Waals surface area contributed by atoms with Crippen molar-refractivity contribution >= 4 is 11.7 Å². The molecule has 1 unspecified atom stereocenters. The van der Waals surface area contributed by atoms with Crippen LogP contribution in [0.5, 0.6) is 0 Å². The summed E-state index contributed by atoms with van der Waals surface area (Å²) in [4.78, 5) is 0. The van der Waals surface area contributed by atoms with Crippen LogP contribution in [0.25, 0.3) is 0 Å². The van der Waals surface area contributed by atoms with E-state index in [1.165, 1.54) is 17.3 Å². The largest absolute Gasteiger partial charge is 0.322 e. The van der Waals surface area contributed by atoms with Crippen LogP contribution in [0.4, 0.5) is 0 Å². The summed E-state index contributed by atoms with van der Waals surface area (Å²) in [6.45, 7) is 0. The maximum atomic E-state index is 5.98. The van der Waals surface area contributed by atoms with E-state index in [1.807, 2.05) is 18.2 Å². The first-order valence-electron chi connectivity index (χ1n) is 4.43. The third-order valence-electron chi connectivity index (χ3n) is 2.06. The topological polar surface area (TPSA) is 51.8 Å². The van der Waals surface area contributed by atoms with Crippen LogP contribution in [0, 0.1) is 0 Å².